The largest absolute Gasteiger partial charge is 0.508 e. The van der Waals surface area contributed by atoms with E-state index in [-0.39, 0.29) is 63.9 Å². The molecule has 0 aromatic heterocycles. The van der Waals surface area contributed by atoms with Crippen LogP contribution in [-0.2, 0) is 40.0 Å². The number of carbonyl (C=O) groups excluding carboxylic acids is 7. The first-order valence-corrected chi connectivity index (χ1v) is 17.6. The van der Waals surface area contributed by atoms with Crippen molar-refractivity contribution in [1.82, 2.24) is 36.4 Å². The molecule has 1 aromatic rings. The molecule has 0 bridgehead atoms. The third-order valence-corrected chi connectivity index (χ3v) is 9.54. The van der Waals surface area contributed by atoms with Crippen LogP contribution < -0.4 is 32.3 Å². The van der Waals surface area contributed by atoms with Crippen molar-refractivity contribution in [3.63, 3.8) is 0 Å². The van der Waals surface area contributed by atoms with Gasteiger partial charge in [-0.2, -0.15) is 0 Å². The monoisotopic (exact) mass is 746 g/mol. The van der Waals surface area contributed by atoms with Gasteiger partial charge < -0.3 is 62.5 Å². The molecule has 53 heavy (non-hydrogen) atoms. The lowest BCUT2D eigenvalue weighted by Crippen LogP contribution is -2.64. The molecule has 3 saturated heterocycles. The van der Waals surface area contributed by atoms with Gasteiger partial charge in [-0.05, 0) is 63.6 Å². The number of rotatable bonds is 5. The first-order chi connectivity index (χ1) is 24.9. The predicted molar refractivity (Wildman–Crippen MR) is 185 cm³/mol. The summed E-state index contributed by atoms with van der Waals surface area (Å²) < 4.78 is 0. The quantitative estimate of drug-likeness (QED) is 0.137. The molecular weight excluding hydrogens is 696 g/mol. The number of hydrogen-bond donors (Lipinski definition) is 10. The number of hydrogen-bond acceptors (Lipinski definition) is 12. The molecule has 0 aliphatic carbocycles. The molecule has 1 aromatic carbocycles. The number of aryl methyl sites for hydroxylation is 1. The van der Waals surface area contributed by atoms with E-state index in [1.807, 2.05) is 0 Å². The summed E-state index contributed by atoms with van der Waals surface area (Å²) >= 11 is 0. The summed E-state index contributed by atoms with van der Waals surface area (Å²) in [6, 6.07) is -1.30. The van der Waals surface area contributed by atoms with E-state index in [0.29, 0.717) is 5.56 Å². The van der Waals surface area contributed by atoms with E-state index in [4.69, 9.17) is 5.73 Å². The molecule has 292 valence electrons. The van der Waals surface area contributed by atoms with Gasteiger partial charge in [0.25, 0.3) is 5.91 Å². The van der Waals surface area contributed by atoms with Gasteiger partial charge in [0.05, 0.1) is 12.2 Å². The Morgan fingerprint density at radius 3 is 2.28 bits per heavy atom. The Balaban J connectivity index is 1.70. The number of aromatic hydroxyl groups is 1. The molecule has 11 N–H and O–H groups in total. The number of carbonyl (C=O) groups is 7. The Hall–Kier alpha value is -4.85. The van der Waals surface area contributed by atoms with E-state index in [0.717, 1.165) is 16.7 Å². The maximum absolute atomic E-state index is 13.9. The van der Waals surface area contributed by atoms with Crippen molar-refractivity contribution < 1.29 is 54.0 Å². The molecule has 3 heterocycles. The highest BCUT2D eigenvalue weighted by Gasteiger charge is 2.47. The maximum Gasteiger partial charge on any atom is 0.276 e. The van der Waals surface area contributed by atoms with Crippen molar-refractivity contribution in [2.24, 2.45) is 5.73 Å². The molecule has 9 atom stereocenters. The first kappa shape index (κ1) is 40.9. The van der Waals surface area contributed by atoms with E-state index in [1.54, 1.807) is 12.1 Å². The summed E-state index contributed by atoms with van der Waals surface area (Å²) in [5.41, 5.74) is 4.19. The summed E-state index contributed by atoms with van der Waals surface area (Å²) in [5.74, 6) is -5.82. The zero-order chi connectivity index (χ0) is 39.2. The van der Waals surface area contributed by atoms with Crippen molar-refractivity contribution in [2.45, 2.75) is 113 Å². The van der Waals surface area contributed by atoms with Crippen LogP contribution in [0, 0.1) is 0 Å². The number of aliphatic hydroxyl groups excluding tert-OH is 2. The van der Waals surface area contributed by atoms with Crippen LogP contribution in [0.25, 0.3) is 0 Å². The topological polar surface area (TPSA) is 293 Å². The highest BCUT2D eigenvalue weighted by Crippen LogP contribution is 2.23. The van der Waals surface area contributed by atoms with Crippen molar-refractivity contribution in [3.05, 3.63) is 29.8 Å². The van der Waals surface area contributed by atoms with Crippen molar-refractivity contribution in [3.8, 4) is 5.75 Å². The number of nitrogens with one attached hydrogen (secondary N) is 5. The number of benzene rings is 1. The van der Waals surface area contributed by atoms with Crippen LogP contribution in [0.3, 0.4) is 0 Å². The van der Waals surface area contributed by atoms with Gasteiger partial charge in [-0.1, -0.05) is 12.1 Å². The van der Waals surface area contributed by atoms with E-state index in [9.17, 15) is 54.0 Å². The van der Waals surface area contributed by atoms with Gasteiger partial charge in [-0.15, -0.1) is 0 Å². The number of aliphatic hydroxyl groups is 3. The molecular formula is C34H50N8O11. The lowest BCUT2D eigenvalue weighted by Gasteiger charge is -2.33. The van der Waals surface area contributed by atoms with Crippen LogP contribution in [-0.4, -0.2) is 145 Å². The molecule has 4 rings (SSSR count). The summed E-state index contributed by atoms with van der Waals surface area (Å²) in [6.45, 7) is 2.97. The highest BCUT2D eigenvalue weighted by atomic mass is 16.3. The second-order valence-corrected chi connectivity index (χ2v) is 14.1. The molecule has 0 spiro atoms. The zero-order valence-corrected chi connectivity index (χ0v) is 29.9. The number of nitrogens with two attached hydrogens (primary N) is 1. The fourth-order valence-corrected chi connectivity index (χ4v) is 6.79. The third kappa shape index (κ3) is 10.4. The number of phenols is 1. The van der Waals surface area contributed by atoms with Crippen LogP contribution in [0.4, 0.5) is 0 Å². The molecule has 19 nitrogen and oxygen atoms in total. The molecule has 0 saturated carbocycles. The fourth-order valence-electron chi connectivity index (χ4n) is 6.79. The highest BCUT2D eigenvalue weighted by molar-refractivity contribution is 5.98. The molecule has 3 fully saturated rings. The Morgan fingerprint density at radius 2 is 1.64 bits per heavy atom. The number of fused-ring (bicyclic) bond motifs is 2. The first-order valence-electron chi connectivity index (χ1n) is 17.6. The van der Waals surface area contributed by atoms with Gasteiger partial charge in [-0.3, -0.25) is 33.6 Å². The van der Waals surface area contributed by atoms with Gasteiger partial charge >= 0.3 is 0 Å². The number of nitrogens with zero attached hydrogens (tertiary/aromatic N) is 2. The molecule has 19 heteroatoms. The molecule has 3 aliphatic rings. The van der Waals surface area contributed by atoms with Gasteiger partial charge in [0, 0.05) is 39.0 Å². The van der Waals surface area contributed by atoms with E-state index < -0.39 is 95.5 Å². The van der Waals surface area contributed by atoms with E-state index in [1.165, 1.54) is 26.0 Å². The summed E-state index contributed by atoms with van der Waals surface area (Å²) in [6.07, 6.45) is -2.68. The lowest BCUT2D eigenvalue weighted by atomic mass is 10.0. The fraction of sp³-hybridized carbons (Fsp3) is 0.618. The molecule has 7 amide bonds. The maximum atomic E-state index is 13.9. The van der Waals surface area contributed by atoms with Crippen molar-refractivity contribution >= 4 is 41.4 Å². The van der Waals surface area contributed by atoms with Gasteiger partial charge in [-0.25, -0.2) is 0 Å². The summed E-state index contributed by atoms with van der Waals surface area (Å²) in [7, 11) is 0. The second-order valence-electron chi connectivity index (χ2n) is 14.1. The van der Waals surface area contributed by atoms with Crippen molar-refractivity contribution in [1.29, 1.82) is 0 Å². The van der Waals surface area contributed by atoms with Gasteiger partial charge in [0.1, 0.15) is 36.0 Å². The molecule has 0 radical (unpaired) electrons. The standard InChI is InChI=1S/C34H50N8O11/c1-17(43)27-32(51)41-16-22(46)14-26(41)31(50)38-24(11-8-19-6-9-21(45)10-7-19)29(48)40-34(3,53)33(52)42-15-20(35)13-25(42)30(49)36-12-4-5-23(28(47)39-27)37-18(2)44/h6-7,9-10,17,20,22-27,43,45-46,53H,4-5,8,11-16,35H2,1-3H3,(H,36,49)(H,37,44)(H,38,50)(H,39,47)(H,40,48)/t17-,20?,22-,23?,24?,25?,26?,27?,34-/m1/s1. The SMILES string of the molecule is CC(=O)NC1CCCNC(=O)C2CC(N)CN2C(=O)[C@@](C)(O)NC(=O)C(CCc2ccc(O)cc2)NC(=O)C2C[C@@H](O)CN2C(=O)C([C@@H](C)O)NC1=O. The minimum absolute atomic E-state index is 0.00279. The predicted octanol–water partition coefficient (Wildman–Crippen LogP) is -4.20. The smallest absolute Gasteiger partial charge is 0.276 e. The second kappa shape index (κ2) is 17.3. The summed E-state index contributed by atoms with van der Waals surface area (Å²) in [4.78, 5) is 95.9. The van der Waals surface area contributed by atoms with Crippen LogP contribution in [0.1, 0.15) is 58.4 Å². The Morgan fingerprint density at radius 1 is 0.981 bits per heavy atom. The van der Waals surface area contributed by atoms with E-state index in [2.05, 4.69) is 26.6 Å². The van der Waals surface area contributed by atoms with Gasteiger partial charge in [0.2, 0.25) is 41.2 Å². The van der Waals surface area contributed by atoms with Crippen molar-refractivity contribution in [2.75, 3.05) is 19.6 Å². The average molecular weight is 747 g/mol. The van der Waals surface area contributed by atoms with Crippen LogP contribution in [0.5, 0.6) is 5.75 Å². The summed E-state index contributed by atoms with van der Waals surface area (Å²) in [5, 5.41) is 54.6. The van der Waals surface area contributed by atoms with Crippen LogP contribution >= 0.6 is 0 Å². The minimum atomic E-state index is -2.58. The lowest BCUT2D eigenvalue weighted by molar-refractivity contribution is -0.160. The Labute approximate surface area is 306 Å². The van der Waals surface area contributed by atoms with E-state index >= 15 is 0 Å². The van der Waals surface area contributed by atoms with Crippen LogP contribution in [0.15, 0.2) is 24.3 Å². The normalized spacial score (nSPS) is 31.6. The third-order valence-electron chi connectivity index (χ3n) is 9.54. The number of amides is 7. The van der Waals surface area contributed by atoms with Crippen LogP contribution in [0.2, 0.25) is 0 Å². The van der Waals surface area contributed by atoms with Gasteiger partial charge in [0.15, 0.2) is 0 Å². The number of phenolic OH excluding ortho intramolecular Hbond substituents is 1. The zero-order valence-electron chi connectivity index (χ0n) is 29.9. The Kier molecular flexibility index (Phi) is 13.4. The Bertz CT molecular complexity index is 1550. The average Bonchev–Trinajstić information content (AvgIpc) is 3.68. The minimum Gasteiger partial charge on any atom is -0.508 e. The molecule has 6 unspecified atom stereocenters. The molecule has 3 aliphatic heterocycles.